The standard InChI is InChI=1S/C24H30N2O5/c1-15(2)12-19(23(27)28)25-24(29)26-11-10-17-13-20(30-3)21(31-4)14-18(17)22(26)16-8-6-5-7-9-16/h5-9,13-15,19,22H,10-12H2,1-4H3,(H,25,29)(H,27,28)/p-1/t19-,22+/m0/s1. The summed E-state index contributed by atoms with van der Waals surface area (Å²) in [5.74, 6) is 0.0471. The number of ether oxygens (including phenoxy) is 2. The van der Waals surface area contributed by atoms with E-state index in [9.17, 15) is 14.7 Å². The molecule has 166 valence electrons. The topological polar surface area (TPSA) is 90.9 Å². The third-order valence-electron chi connectivity index (χ3n) is 5.54. The molecule has 0 unspecified atom stereocenters. The van der Waals surface area contributed by atoms with Crippen LogP contribution < -0.4 is 19.9 Å². The largest absolute Gasteiger partial charge is 0.548 e. The van der Waals surface area contributed by atoms with Crippen molar-refractivity contribution in [2.45, 2.75) is 38.8 Å². The number of amides is 2. The third kappa shape index (κ3) is 4.93. The van der Waals surface area contributed by atoms with Crippen LogP contribution in [0.5, 0.6) is 11.5 Å². The van der Waals surface area contributed by atoms with Gasteiger partial charge in [-0.05, 0) is 47.6 Å². The zero-order chi connectivity index (χ0) is 22.5. The van der Waals surface area contributed by atoms with Crippen LogP contribution in [-0.2, 0) is 11.2 Å². The summed E-state index contributed by atoms with van der Waals surface area (Å²) in [6.07, 6.45) is 0.923. The maximum Gasteiger partial charge on any atom is 0.318 e. The molecule has 2 aromatic rings. The van der Waals surface area contributed by atoms with E-state index < -0.39 is 18.0 Å². The van der Waals surface area contributed by atoms with E-state index in [1.807, 2.05) is 56.3 Å². The van der Waals surface area contributed by atoms with Gasteiger partial charge in [0, 0.05) is 6.54 Å². The number of fused-ring (bicyclic) bond motifs is 1. The van der Waals surface area contributed by atoms with Crippen molar-refractivity contribution in [1.29, 1.82) is 0 Å². The maximum atomic E-state index is 13.2. The number of aliphatic carboxylic acids is 1. The van der Waals surface area contributed by atoms with Crippen LogP contribution in [0.3, 0.4) is 0 Å². The number of rotatable bonds is 7. The van der Waals surface area contributed by atoms with Gasteiger partial charge in [0.25, 0.3) is 0 Å². The number of nitrogens with one attached hydrogen (secondary N) is 1. The van der Waals surface area contributed by atoms with Gasteiger partial charge in [0.15, 0.2) is 11.5 Å². The second kappa shape index (κ2) is 9.73. The van der Waals surface area contributed by atoms with E-state index in [0.29, 0.717) is 30.9 Å². The summed E-state index contributed by atoms with van der Waals surface area (Å²) in [4.78, 5) is 26.5. The molecule has 7 nitrogen and oxygen atoms in total. The van der Waals surface area contributed by atoms with Gasteiger partial charge in [-0.25, -0.2) is 4.79 Å². The third-order valence-corrected chi connectivity index (χ3v) is 5.54. The number of methoxy groups -OCH3 is 2. The lowest BCUT2D eigenvalue weighted by Crippen LogP contribution is -2.54. The van der Waals surface area contributed by atoms with Gasteiger partial charge >= 0.3 is 6.03 Å². The molecule has 0 aromatic heterocycles. The molecule has 0 bridgehead atoms. The van der Waals surface area contributed by atoms with Crippen LogP contribution in [0.1, 0.15) is 43.0 Å². The average Bonchev–Trinajstić information content (AvgIpc) is 2.76. The highest BCUT2D eigenvalue weighted by Crippen LogP contribution is 2.41. The molecule has 2 atom stereocenters. The predicted octanol–water partition coefficient (Wildman–Crippen LogP) is 2.53. The Hall–Kier alpha value is -3.22. The first-order valence-corrected chi connectivity index (χ1v) is 10.4. The first kappa shape index (κ1) is 22.5. The fourth-order valence-electron chi connectivity index (χ4n) is 4.08. The van der Waals surface area contributed by atoms with Gasteiger partial charge in [-0.2, -0.15) is 0 Å². The monoisotopic (exact) mass is 425 g/mol. The lowest BCUT2D eigenvalue weighted by Gasteiger charge is -2.39. The van der Waals surface area contributed by atoms with Crippen molar-refractivity contribution in [3.8, 4) is 11.5 Å². The molecule has 1 aliphatic rings. The molecule has 0 aliphatic carbocycles. The van der Waals surface area contributed by atoms with Crippen LogP contribution in [0.25, 0.3) is 0 Å². The Labute approximate surface area is 183 Å². The smallest absolute Gasteiger partial charge is 0.318 e. The van der Waals surface area contributed by atoms with Gasteiger partial charge in [0.1, 0.15) is 0 Å². The SMILES string of the molecule is COc1cc2c(cc1OC)[C@@H](c1ccccc1)N(C(=O)N[C@@H](CC(C)C)C(=O)[O-])CC2. The number of carboxylic acid groups (broad SMARTS) is 1. The molecule has 0 radical (unpaired) electrons. The lowest BCUT2D eigenvalue weighted by atomic mass is 9.88. The quantitative estimate of drug-likeness (QED) is 0.736. The molecule has 0 spiro atoms. The molecule has 7 heteroatoms. The molecule has 1 N–H and O–H groups in total. The Morgan fingerprint density at radius 2 is 1.77 bits per heavy atom. The van der Waals surface area contributed by atoms with Gasteiger partial charge in [-0.15, -0.1) is 0 Å². The van der Waals surface area contributed by atoms with E-state index in [4.69, 9.17) is 9.47 Å². The maximum absolute atomic E-state index is 13.2. The molecule has 1 heterocycles. The number of urea groups is 1. The Balaban J connectivity index is 2.01. The normalized spacial score (nSPS) is 16.4. The van der Waals surface area contributed by atoms with Crippen LogP contribution in [0.4, 0.5) is 4.79 Å². The highest BCUT2D eigenvalue weighted by molar-refractivity contribution is 5.82. The van der Waals surface area contributed by atoms with Crippen molar-refractivity contribution < 1.29 is 24.2 Å². The van der Waals surface area contributed by atoms with Crippen LogP contribution >= 0.6 is 0 Å². The van der Waals surface area contributed by atoms with Crippen molar-refractivity contribution in [1.82, 2.24) is 10.2 Å². The van der Waals surface area contributed by atoms with E-state index in [1.165, 1.54) is 0 Å². The minimum Gasteiger partial charge on any atom is -0.548 e. The second-order valence-corrected chi connectivity index (χ2v) is 8.11. The zero-order valence-electron chi connectivity index (χ0n) is 18.4. The molecule has 31 heavy (non-hydrogen) atoms. The van der Waals surface area contributed by atoms with Crippen LogP contribution in [-0.4, -0.2) is 43.7 Å². The first-order chi connectivity index (χ1) is 14.8. The number of carbonyl (C=O) groups is 2. The highest BCUT2D eigenvalue weighted by atomic mass is 16.5. The van der Waals surface area contributed by atoms with Crippen LogP contribution in [0, 0.1) is 5.92 Å². The Morgan fingerprint density at radius 1 is 1.13 bits per heavy atom. The number of carbonyl (C=O) groups excluding carboxylic acids is 2. The molecule has 1 aliphatic heterocycles. The fourth-order valence-corrected chi connectivity index (χ4v) is 4.08. The summed E-state index contributed by atoms with van der Waals surface area (Å²) in [7, 11) is 3.17. The number of hydrogen-bond donors (Lipinski definition) is 1. The minimum atomic E-state index is -1.28. The Kier molecular flexibility index (Phi) is 7.05. The van der Waals surface area contributed by atoms with Crippen molar-refractivity contribution in [2.24, 2.45) is 5.92 Å². The van der Waals surface area contributed by atoms with Crippen molar-refractivity contribution >= 4 is 12.0 Å². The number of benzene rings is 2. The summed E-state index contributed by atoms with van der Waals surface area (Å²) in [6, 6.07) is 11.7. The summed E-state index contributed by atoms with van der Waals surface area (Å²) < 4.78 is 10.9. The summed E-state index contributed by atoms with van der Waals surface area (Å²) in [6.45, 7) is 4.26. The highest BCUT2D eigenvalue weighted by Gasteiger charge is 2.34. The summed E-state index contributed by atoms with van der Waals surface area (Å²) >= 11 is 0. The molecule has 2 amide bonds. The van der Waals surface area contributed by atoms with Crippen LogP contribution in [0.15, 0.2) is 42.5 Å². The van der Waals surface area contributed by atoms with Gasteiger partial charge in [0.05, 0.1) is 32.3 Å². The number of nitrogens with zero attached hydrogens (tertiary/aromatic N) is 1. The summed E-state index contributed by atoms with van der Waals surface area (Å²) in [5, 5.41) is 14.3. The lowest BCUT2D eigenvalue weighted by molar-refractivity contribution is -0.308. The minimum absolute atomic E-state index is 0.104. The molecule has 2 aromatic carbocycles. The Morgan fingerprint density at radius 3 is 2.35 bits per heavy atom. The average molecular weight is 426 g/mol. The van der Waals surface area contributed by atoms with Gasteiger partial charge in [-0.3, -0.25) is 0 Å². The molecule has 0 saturated carbocycles. The molecular weight excluding hydrogens is 396 g/mol. The second-order valence-electron chi connectivity index (χ2n) is 8.11. The van der Waals surface area contributed by atoms with E-state index >= 15 is 0 Å². The van der Waals surface area contributed by atoms with Crippen LogP contribution in [0.2, 0.25) is 0 Å². The van der Waals surface area contributed by atoms with Gasteiger partial charge in [0.2, 0.25) is 0 Å². The Bertz CT molecular complexity index is 929. The predicted molar refractivity (Wildman–Crippen MR) is 115 cm³/mol. The van der Waals surface area contributed by atoms with Crippen molar-refractivity contribution in [2.75, 3.05) is 20.8 Å². The molecule has 0 saturated heterocycles. The van der Waals surface area contributed by atoms with Crippen molar-refractivity contribution in [3.63, 3.8) is 0 Å². The number of carboxylic acids is 1. The summed E-state index contributed by atoms with van der Waals surface area (Å²) in [5.41, 5.74) is 2.92. The first-order valence-electron chi connectivity index (χ1n) is 10.4. The van der Waals surface area contributed by atoms with E-state index in [-0.39, 0.29) is 12.0 Å². The van der Waals surface area contributed by atoms with E-state index in [1.54, 1.807) is 19.1 Å². The van der Waals surface area contributed by atoms with E-state index in [0.717, 1.165) is 16.7 Å². The zero-order valence-corrected chi connectivity index (χ0v) is 18.4. The fraction of sp³-hybridized carbons (Fsp3) is 0.417. The van der Waals surface area contributed by atoms with Gasteiger partial charge in [-0.1, -0.05) is 44.2 Å². The van der Waals surface area contributed by atoms with Gasteiger partial charge < -0.3 is 29.6 Å². The molecule has 0 fully saturated rings. The van der Waals surface area contributed by atoms with E-state index in [2.05, 4.69) is 5.32 Å². The number of hydrogen-bond acceptors (Lipinski definition) is 5. The molecular formula is C24H29N2O5-. The van der Waals surface area contributed by atoms with Crippen molar-refractivity contribution in [3.05, 3.63) is 59.2 Å². The molecule has 3 rings (SSSR count).